The molecule has 200 valence electrons. The molecule has 0 aromatic carbocycles. The molecule has 0 radical (unpaired) electrons. The van der Waals surface area contributed by atoms with Crippen molar-refractivity contribution < 1.29 is 67.2 Å². The molecule has 1 aliphatic carbocycles. The van der Waals surface area contributed by atoms with Crippen molar-refractivity contribution in [1.29, 1.82) is 0 Å². The maximum Gasteiger partial charge on any atom is 0.466 e. The number of terminal acetylenes is 1. The first-order valence-electron chi connectivity index (χ1n) is 8.51. The van der Waals surface area contributed by atoms with Crippen LogP contribution in [0.25, 0.3) is 11.2 Å². The first-order chi connectivity index (χ1) is 15.4. The lowest BCUT2D eigenvalue weighted by Gasteiger charge is -2.20. The average Bonchev–Trinajstić information content (AvgIpc) is 3.12. The van der Waals surface area contributed by atoms with Gasteiger partial charge in [0, 0.05) is 6.04 Å². The lowest BCUT2D eigenvalue weighted by atomic mass is 9.88. The van der Waals surface area contributed by atoms with Gasteiger partial charge in [0.15, 0.2) is 10.8 Å². The van der Waals surface area contributed by atoms with Gasteiger partial charge < -0.3 is 53.7 Å². The molecule has 0 aliphatic heterocycles. The first kappa shape index (κ1) is 33.6. The molecule has 0 saturated heterocycles. The second-order valence-corrected chi connectivity index (χ2v) is 10.3. The van der Waals surface area contributed by atoms with Gasteiger partial charge in [-0.2, -0.15) is 14.4 Å². The van der Waals surface area contributed by atoms with Crippen molar-refractivity contribution in [3.8, 4) is 12.3 Å². The molecule has 22 heteroatoms. The van der Waals surface area contributed by atoms with Crippen LogP contribution in [-0.2, 0) is 13.7 Å². The molecule has 35 heavy (non-hydrogen) atoms. The third-order valence-electron chi connectivity index (χ3n) is 3.97. The van der Waals surface area contributed by atoms with E-state index in [-0.39, 0.29) is 11.2 Å². The number of rotatable bonds is 1. The number of aromatic nitrogens is 4. The lowest BCUT2D eigenvalue weighted by Crippen LogP contribution is -2.23. The Hall–Kier alpha value is -1.38. The fourth-order valence-corrected chi connectivity index (χ4v) is 2.92. The molecule has 3 atom stereocenters. The van der Waals surface area contributed by atoms with Gasteiger partial charge >= 0.3 is 29.5 Å². The number of nitrogens with zero attached hydrogens (tertiary/aromatic N) is 4. The molecule has 1 aliphatic rings. The summed E-state index contributed by atoms with van der Waals surface area (Å²) < 4.78 is 41.7. The SMILES string of the molecule is C#C[C@]1(C)C[C@@H](n2cnc3c(Cl)nc(F)nc32)C[C@@H]1O.O=P(O)(O)O.O=P(O)(O)O.O=P(O)(O)O. The summed E-state index contributed by atoms with van der Waals surface area (Å²) in [5.74, 6) is 2.64. The minimum absolute atomic E-state index is 0.0236. The van der Waals surface area contributed by atoms with Crippen molar-refractivity contribution in [3.05, 3.63) is 17.6 Å². The van der Waals surface area contributed by atoms with Crippen LogP contribution in [0.5, 0.6) is 0 Å². The molecule has 2 aromatic rings. The number of hydrogen-bond acceptors (Lipinski definition) is 7. The van der Waals surface area contributed by atoms with Crippen molar-refractivity contribution in [2.45, 2.75) is 31.9 Å². The Morgan fingerprint density at radius 2 is 1.49 bits per heavy atom. The third kappa shape index (κ3) is 14.7. The standard InChI is InChI=1S/C13H12ClFN4O.3H3O4P/c1-3-13(2)5-7(4-8(13)20)19-6-16-9-10(14)17-12(15)18-11(9)19;3*1-5(2,3)4/h1,6-8,20H,4-5H2,2H3;3*(H3,1,2,3,4)/t7-,8-,13+;;;/m0.../s1. The van der Waals surface area contributed by atoms with Crippen LogP contribution in [0.3, 0.4) is 0 Å². The van der Waals surface area contributed by atoms with E-state index in [0.29, 0.717) is 24.0 Å². The molecule has 10 N–H and O–H groups in total. The van der Waals surface area contributed by atoms with Crippen molar-refractivity contribution in [3.63, 3.8) is 0 Å². The highest BCUT2D eigenvalue weighted by atomic mass is 35.5. The molecule has 0 unspecified atom stereocenters. The highest BCUT2D eigenvalue weighted by Crippen LogP contribution is 2.44. The second kappa shape index (κ2) is 12.7. The number of fused-ring (bicyclic) bond motifs is 1. The summed E-state index contributed by atoms with van der Waals surface area (Å²) in [7, 11) is -13.9. The number of phosphoric acid groups is 3. The Kier molecular flexibility index (Phi) is 12.2. The average molecular weight is 589 g/mol. The Labute approximate surface area is 200 Å². The summed E-state index contributed by atoms with van der Waals surface area (Å²) in [5, 5.41) is 10.1. The molecule has 17 nitrogen and oxygen atoms in total. The van der Waals surface area contributed by atoms with E-state index in [1.165, 1.54) is 6.33 Å². The Bertz CT molecular complexity index is 1120. The molecule has 0 spiro atoms. The summed E-state index contributed by atoms with van der Waals surface area (Å²) in [6.07, 6.45) is 6.55. The maximum atomic E-state index is 13.3. The van der Waals surface area contributed by atoms with Gasteiger partial charge in [-0.25, -0.2) is 18.7 Å². The predicted octanol–water partition coefficient (Wildman–Crippen LogP) is -0.832. The van der Waals surface area contributed by atoms with Gasteiger partial charge in [-0.05, 0) is 19.8 Å². The molecule has 0 bridgehead atoms. The Balaban J connectivity index is 0.000000635. The van der Waals surface area contributed by atoms with Crippen LogP contribution in [0.15, 0.2) is 6.33 Å². The van der Waals surface area contributed by atoms with E-state index >= 15 is 0 Å². The number of aliphatic hydroxyl groups excluding tert-OH is 1. The van der Waals surface area contributed by atoms with Gasteiger partial charge in [-0.15, -0.1) is 6.42 Å². The van der Waals surface area contributed by atoms with Gasteiger partial charge in [0.25, 0.3) is 0 Å². The molecule has 3 rings (SSSR count). The minimum atomic E-state index is -4.64. The van der Waals surface area contributed by atoms with Crippen LogP contribution in [0.4, 0.5) is 4.39 Å². The first-order valence-corrected chi connectivity index (χ1v) is 13.6. The maximum absolute atomic E-state index is 13.3. The smallest absolute Gasteiger partial charge is 0.391 e. The number of halogens is 2. The van der Waals surface area contributed by atoms with Gasteiger partial charge in [-0.3, -0.25) is 0 Å². The van der Waals surface area contributed by atoms with E-state index in [1.54, 1.807) is 4.57 Å². The quantitative estimate of drug-likeness (QED) is 0.0840. The second-order valence-electron chi connectivity index (χ2n) is 6.82. The number of aliphatic hydroxyl groups is 1. The number of hydrogen-bond donors (Lipinski definition) is 10. The summed E-state index contributed by atoms with van der Waals surface area (Å²) >= 11 is 5.85. The highest BCUT2D eigenvalue weighted by molar-refractivity contribution is 7.45. The zero-order valence-corrected chi connectivity index (χ0v) is 20.7. The number of imidazole rings is 1. The Morgan fingerprint density at radius 1 is 1.06 bits per heavy atom. The molecule has 2 heterocycles. The van der Waals surface area contributed by atoms with Gasteiger partial charge in [0.05, 0.1) is 17.8 Å². The molecule has 0 amide bonds. The summed E-state index contributed by atoms with van der Waals surface area (Å²) in [6, 6.07) is -0.0959. The third-order valence-corrected chi connectivity index (χ3v) is 4.23. The van der Waals surface area contributed by atoms with Gasteiger partial charge in [-0.1, -0.05) is 17.5 Å². The van der Waals surface area contributed by atoms with Crippen LogP contribution < -0.4 is 0 Å². The van der Waals surface area contributed by atoms with E-state index in [9.17, 15) is 9.50 Å². The van der Waals surface area contributed by atoms with Crippen LogP contribution in [0, 0.1) is 23.8 Å². The van der Waals surface area contributed by atoms with E-state index < -0.39 is 41.1 Å². The van der Waals surface area contributed by atoms with E-state index in [2.05, 4.69) is 20.9 Å². The van der Waals surface area contributed by atoms with E-state index in [4.69, 9.17) is 75.8 Å². The Morgan fingerprint density at radius 3 is 1.86 bits per heavy atom. The van der Waals surface area contributed by atoms with E-state index in [0.717, 1.165) is 0 Å². The normalized spacial score (nSPS) is 22.1. The van der Waals surface area contributed by atoms with Gasteiger partial charge in [0.1, 0.15) is 5.52 Å². The molecule has 1 saturated carbocycles. The molecular formula is C13H21ClFN4O13P3. The van der Waals surface area contributed by atoms with Crippen molar-refractivity contribution >= 4 is 46.2 Å². The van der Waals surface area contributed by atoms with Crippen LogP contribution in [0.1, 0.15) is 25.8 Å². The zero-order valence-electron chi connectivity index (χ0n) is 17.3. The van der Waals surface area contributed by atoms with Crippen molar-refractivity contribution in [2.75, 3.05) is 0 Å². The van der Waals surface area contributed by atoms with Crippen LogP contribution >= 0.6 is 35.1 Å². The molecular weight excluding hydrogens is 568 g/mol. The van der Waals surface area contributed by atoms with Crippen molar-refractivity contribution in [1.82, 2.24) is 19.5 Å². The van der Waals surface area contributed by atoms with Crippen LogP contribution in [0.2, 0.25) is 5.15 Å². The highest BCUT2D eigenvalue weighted by Gasteiger charge is 2.43. The zero-order chi connectivity index (χ0) is 28.0. The minimum Gasteiger partial charge on any atom is -0.391 e. The van der Waals surface area contributed by atoms with E-state index in [1.807, 2.05) is 6.92 Å². The van der Waals surface area contributed by atoms with Crippen molar-refractivity contribution in [2.24, 2.45) is 5.41 Å². The monoisotopic (exact) mass is 588 g/mol. The van der Waals surface area contributed by atoms with Crippen LogP contribution in [-0.4, -0.2) is 74.8 Å². The fourth-order valence-electron chi connectivity index (χ4n) is 2.72. The summed E-state index contributed by atoms with van der Waals surface area (Å²) in [6.45, 7) is 1.83. The molecule has 2 aromatic heterocycles. The lowest BCUT2D eigenvalue weighted by molar-refractivity contribution is 0.104. The predicted molar refractivity (Wildman–Crippen MR) is 114 cm³/mol. The molecule has 1 fully saturated rings. The summed E-state index contributed by atoms with van der Waals surface area (Å²) in [4.78, 5) is 76.0. The largest absolute Gasteiger partial charge is 0.466 e. The summed E-state index contributed by atoms with van der Waals surface area (Å²) in [5.41, 5.74) is 0.0641. The van der Waals surface area contributed by atoms with Gasteiger partial charge in [0.2, 0.25) is 0 Å². The fraction of sp³-hybridized carbons (Fsp3) is 0.462. The topological polar surface area (TPSA) is 297 Å².